The molecule has 94 valence electrons. The largest absolute Gasteiger partial charge is 0.378 e. The van der Waals surface area contributed by atoms with Crippen molar-refractivity contribution in [1.29, 1.82) is 0 Å². The fraction of sp³-hybridized carbons (Fsp3) is 0.583. The summed E-state index contributed by atoms with van der Waals surface area (Å²) in [6, 6.07) is 3.82. The number of carbonyl (C=O) groups is 1. The van der Waals surface area contributed by atoms with Crippen LogP contribution >= 0.6 is 0 Å². The van der Waals surface area contributed by atoms with Crippen molar-refractivity contribution in [2.24, 2.45) is 5.73 Å². The van der Waals surface area contributed by atoms with Crippen LogP contribution in [0.4, 0.5) is 0 Å². The summed E-state index contributed by atoms with van der Waals surface area (Å²) >= 11 is 0. The fourth-order valence-corrected chi connectivity index (χ4v) is 2.04. The molecule has 1 aromatic heterocycles. The summed E-state index contributed by atoms with van der Waals surface area (Å²) in [4.78, 5) is 13.9. The van der Waals surface area contributed by atoms with Gasteiger partial charge < -0.3 is 19.9 Å². The first-order valence-corrected chi connectivity index (χ1v) is 5.94. The molecule has 2 heterocycles. The Morgan fingerprint density at radius 2 is 2.24 bits per heavy atom. The summed E-state index contributed by atoms with van der Waals surface area (Å²) in [6.45, 7) is 4.94. The van der Waals surface area contributed by atoms with E-state index in [1.807, 2.05) is 34.7 Å². The lowest BCUT2D eigenvalue weighted by Gasteiger charge is -2.27. The molecule has 0 bridgehead atoms. The lowest BCUT2D eigenvalue weighted by Crippen LogP contribution is -2.42. The number of hydrogen-bond acceptors (Lipinski definition) is 3. The molecule has 17 heavy (non-hydrogen) atoms. The molecule has 2 N–H and O–H groups in total. The number of carbonyl (C=O) groups excluding carboxylic acids is 1. The normalized spacial score (nSPS) is 18.1. The van der Waals surface area contributed by atoms with Gasteiger partial charge in [-0.1, -0.05) is 0 Å². The van der Waals surface area contributed by atoms with E-state index >= 15 is 0 Å². The zero-order valence-corrected chi connectivity index (χ0v) is 10.1. The standard InChI is InChI=1S/C12H19N3O2/c1-10(13)11-3-2-4-15(11)9-12(16)14-5-7-17-8-6-14/h2-4,10H,5-9,13H2,1H3. The summed E-state index contributed by atoms with van der Waals surface area (Å²) in [5.41, 5.74) is 6.84. The fourth-order valence-electron chi connectivity index (χ4n) is 2.04. The molecule has 5 heteroatoms. The molecule has 1 amide bonds. The molecule has 0 spiro atoms. The van der Waals surface area contributed by atoms with Crippen molar-refractivity contribution in [3.63, 3.8) is 0 Å². The third-order valence-electron chi connectivity index (χ3n) is 3.00. The van der Waals surface area contributed by atoms with Crippen LogP contribution < -0.4 is 5.73 Å². The number of rotatable bonds is 3. The van der Waals surface area contributed by atoms with Crippen molar-refractivity contribution in [3.8, 4) is 0 Å². The predicted octanol–water partition coefficient (Wildman–Crippen LogP) is 0.367. The van der Waals surface area contributed by atoms with Crippen LogP contribution in [-0.2, 0) is 16.1 Å². The Kier molecular flexibility index (Phi) is 3.81. The van der Waals surface area contributed by atoms with E-state index in [2.05, 4.69) is 0 Å². The van der Waals surface area contributed by atoms with Gasteiger partial charge in [-0.05, 0) is 19.1 Å². The van der Waals surface area contributed by atoms with Crippen molar-refractivity contribution in [3.05, 3.63) is 24.0 Å². The van der Waals surface area contributed by atoms with E-state index in [0.717, 1.165) is 5.69 Å². The highest BCUT2D eigenvalue weighted by molar-refractivity contribution is 5.76. The zero-order valence-electron chi connectivity index (χ0n) is 10.1. The van der Waals surface area contributed by atoms with Gasteiger partial charge in [-0.3, -0.25) is 4.79 Å². The van der Waals surface area contributed by atoms with E-state index in [1.165, 1.54) is 0 Å². The molecule has 1 fully saturated rings. The van der Waals surface area contributed by atoms with Gasteiger partial charge in [0.25, 0.3) is 0 Å². The van der Waals surface area contributed by atoms with Gasteiger partial charge >= 0.3 is 0 Å². The SMILES string of the molecule is CC(N)c1cccn1CC(=O)N1CCOCC1. The van der Waals surface area contributed by atoms with Crippen molar-refractivity contribution in [2.75, 3.05) is 26.3 Å². The molecule has 1 aromatic rings. The van der Waals surface area contributed by atoms with Crippen LogP contribution in [0.5, 0.6) is 0 Å². The summed E-state index contributed by atoms with van der Waals surface area (Å²) in [5.74, 6) is 0.131. The van der Waals surface area contributed by atoms with Gasteiger partial charge in [0.15, 0.2) is 0 Å². The third-order valence-corrected chi connectivity index (χ3v) is 3.00. The molecule has 0 saturated carbocycles. The highest BCUT2D eigenvalue weighted by Crippen LogP contribution is 2.11. The van der Waals surface area contributed by atoms with E-state index in [9.17, 15) is 4.79 Å². The van der Waals surface area contributed by atoms with Crippen molar-refractivity contribution in [2.45, 2.75) is 19.5 Å². The highest BCUT2D eigenvalue weighted by Gasteiger charge is 2.18. The van der Waals surface area contributed by atoms with Gasteiger partial charge in [-0.25, -0.2) is 0 Å². The Hall–Kier alpha value is -1.33. The minimum atomic E-state index is -0.0533. The second-order valence-corrected chi connectivity index (χ2v) is 4.34. The van der Waals surface area contributed by atoms with E-state index < -0.39 is 0 Å². The Balaban J connectivity index is 1.99. The minimum Gasteiger partial charge on any atom is -0.378 e. The second-order valence-electron chi connectivity index (χ2n) is 4.34. The number of ether oxygens (including phenoxy) is 1. The lowest BCUT2D eigenvalue weighted by molar-refractivity contribution is -0.135. The van der Waals surface area contributed by atoms with E-state index in [0.29, 0.717) is 32.8 Å². The van der Waals surface area contributed by atoms with Crippen molar-refractivity contribution < 1.29 is 9.53 Å². The van der Waals surface area contributed by atoms with Gasteiger partial charge in [0.1, 0.15) is 6.54 Å². The minimum absolute atomic E-state index is 0.0533. The molecule has 1 saturated heterocycles. The zero-order chi connectivity index (χ0) is 12.3. The average Bonchev–Trinajstić information content (AvgIpc) is 2.78. The molecule has 2 rings (SSSR count). The summed E-state index contributed by atoms with van der Waals surface area (Å²) < 4.78 is 7.15. The number of hydrogen-bond donors (Lipinski definition) is 1. The summed E-state index contributed by atoms with van der Waals surface area (Å²) in [7, 11) is 0. The summed E-state index contributed by atoms with van der Waals surface area (Å²) in [5, 5.41) is 0. The van der Waals surface area contributed by atoms with Gasteiger partial charge in [0, 0.05) is 31.0 Å². The smallest absolute Gasteiger partial charge is 0.242 e. The Morgan fingerprint density at radius 3 is 2.88 bits per heavy atom. The maximum Gasteiger partial charge on any atom is 0.242 e. The van der Waals surface area contributed by atoms with Crippen LogP contribution in [0.3, 0.4) is 0 Å². The van der Waals surface area contributed by atoms with Gasteiger partial charge in [0.2, 0.25) is 5.91 Å². The first-order valence-electron chi connectivity index (χ1n) is 5.94. The third kappa shape index (κ3) is 2.87. The quantitative estimate of drug-likeness (QED) is 0.826. The number of morpholine rings is 1. The first kappa shape index (κ1) is 12.1. The Labute approximate surface area is 101 Å². The van der Waals surface area contributed by atoms with E-state index in [1.54, 1.807) is 0 Å². The van der Waals surface area contributed by atoms with Crippen molar-refractivity contribution >= 4 is 5.91 Å². The van der Waals surface area contributed by atoms with E-state index in [4.69, 9.17) is 10.5 Å². The van der Waals surface area contributed by atoms with Crippen LogP contribution in [0.2, 0.25) is 0 Å². The van der Waals surface area contributed by atoms with E-state index in [-0.39, 0.29) is 11.9 Å². The molecule has 1 unspecified atom stereocenters. The van der Waals surface area contributed by atoms with Crippen LogP contribution in [0, 0.1) is 0 Å². The number of amides is 1. The number of aromatic nitrogens is 1. The molecule has 0 aromatic carbocycles. The molecule has 1 aliphatic rings. The first-order chi connectivity index (χ1) is 8.18. The van der Waals surface area contributed by atoms with Crippen LogP contribution in [0.1, 0.15) is 18.7 Å². The Bertz CT molecular complexity index is 381. The molecule has 1 aliphatic heterocycles. The van der Waals surface area contributed by atoms with Gasteiger partial charge in [-0.15, -0.1) is 0 Å². The highest BCUT2D eigenvalue weighted by atomic mass is 16.5. The van der Waals surface area contributed by atoms with Crippen LogP contribution in [0.15, 0.2) is 18.3 Å². The van der Waals surface area contributed by atoms with Crippen LogP contribution in [-0.4, -0.2) is 41.7 Å². The second kappa shape index (κ2) is 5.33. The lowest BCUT2D eigenvalue weighted by atomic mass is 10.2. The maximum absolute atomic E-state index is 12.0. The molecular weight excluding hydrogens is 218 g/mol. The topological polar surface area (TPSA) is 60.5 Å². The molecular formula is C12H19N3O2. The number of nitrogens with zero attached hydrogens (tertiary/aromatic N) is 2. The van der Waals surface area contributed by atoms with Crippen LogP contribution in [0.25, 0.3) is 0 Å². The molecule has 0 aliphatic carbocycles. The van der Waals surface area contributed by atoms with Crippen molar-refractivity contribution in [1.82, 2.24) is 9.47 Å². The monoisotopic (exact) mass is 237 g/mol. The maximum atomic E-state index is 12.0. The number of nitrogens with two attached hydrogens (primary N) is 1. The molecule has 5 nitrogen and oxygen atoms in total. The van der Waals surface area contributed by atoms with Gasteiger partial charge in [0.05, 0.1) is 13.2 Å². The average molecular weight is 237 g/mol. The van der Waals surface area contributed by atoms with Gasteiger partial charge in [-0.2, -0.15) is 0 Å². The molecule has 0 radical (unpaired) electrons. The molecule has 1 atom stereocenters. The Morgan fingerprint density at radius 1 is 1.53 bits per heavy atom. The summed E-state index contributed by atoms with van der Waals surface area (Å²) in [6.07, 6.45) is 1.90. The predicted molar refractivity (Wildman–Crippen MR) is 64.4 cm³/mol.